The topological polar surface area (TPSA) is 20.2 Å². The van der Waals surface area contributed by atoms with E-state index in [4.69, 9.17) is 5.11 Å². The molecule has 0 aromatic rings. The molecule has 1 nitrogen and oxygen atoms in total. The maximum atomic E-state index is 8.42. The number of aliphatic hydroxyl groups is 1. The molecule has 0 radical (unpaired) electrons. The third kappa shape index (κ3) is 9.18. The highest BCUT2D eigenvalue weighted by atomic mass is 16.2. The van der Waals surface area contributed by atoms with Crippen LogP contribution in [-0.4, -0.2) is 11.7 Å². The lowest BCUT2D eigenvalue weighted by Crippen LogP contribution is -1.71. The fraction of sp³-hybridized carbons (Fsp3) is 0.455. The third-order valence-corrected chi connectivity index (χ3v) is 1.48. The first-order valence-corrected chi connectivity index (χ1v) is 4.43. The van der Waals surface area contributed by atoms with Gasteiger partial charge in [0.2, 0.25) is 0 Å². The molecule has 12 heavy (non-hydrogen) atoms. The van der Waals surface area contributed by atoms with Gasteiger partial charge in [0.25, 0.3) is 0 Å². The Morgan fingerprint density at radius 3 is 1.83 bits per heavy atom. The monoisotopic (exact) mass is 166 g/mol. The number of hydrogen-bond donors (Lipinski definition) is 1. The first-order chi connectivity index (χ1) is 5.91. The summed E-state index contributed by atoms with van der Waals surface area (Å²) in [6.07, 6.45) is 14.3. The van der Waals surface area contributed by atoms with Crippen molar-refractivity contribution < 1.29 is 5.11 Å². The molecular formula is C11H18O. The van der Waals surface area contributed by atoms with Gasteiger partial charge in [-0.2, -0.15) is 0 Å². The quantitative estimate of drug-likeness (QED) is 0.455. The smallest absolute Gasteiger partial charge is 0.0612 e. The largest absolute Gasteiger partial charge is 0.392 e. The molecule has 0 fully saturated rings. The van der Waals surface area contributed by atoms with Crippen LogP contribution in [0.25, 0.3) is 0 Å². The number of unbranched alkanes of at least 4 members (excludes halogenated alkanes) is 2. The molecule has 0 spiro atoms. The molecule has 1 N–H and O–H groups in total. The first kappa shape index (κ1) is 11.2. The van der Waals surface area contributed by atoms with Crippen LogP contribution in [0, 0.1) is 0 Å². The van der Waals surface area contributed by atoms with Crippen LogP contribution in [0.5, 0.6) is 0 Å². The molecule has 68 valence electrons. The number of aliphatic hydroxyl groups excluding tert-OH is 1. The predicted octanol–water partition coefficient (Wildman–Crippen LogP) is 2.84. The lowest BCUT2D eigenvalue weighted by Gasteiger charge is -1.87. The molecule has 1 heteroatoms. The molecule has 0 aromatic carbocycles. The molecule has 0 aliphatic heterocycles. The van der Waals surface area contributed by atoms with Gasteiger partial charge in [-0.1, -0.05) is 30.4 Å². The van der Waals surface area contributed by atoms with Crippen molar-refractivity contribution in [2.45, 2.75) is 25.7 Å². The van der Waals surface area contributed by atoms with E-state index in [1.807, 2.05) is 12.2 Å². The summed E-state index contributed by atoms with van der Waals surface area (Å²) in [4.78, 5) is 0. The van der Waals surface area contributed by atoms with E-state index in [1.54, 1.807) is 6.08 Å². The Morgan fingerprint density at radius 1 is 0.833 bits per heavy atom. The van der Waals surface area contributed by atoms with Crippen LogP contribution in [0.15, 0.2) is 37.0 Å². The number of allylic oxidation sites excluding steroid dienone is 4. The highest BCUT2D eigenvalue weighted by molar-refractivity contribution is 4.88. The van der Waals surface area contributed by atoms with Crippen molar-refractivity contribution in [1.29, 1.82) is 0 Å². The fourth-order valence-electron chi connectivity index (χ4n) is 0.835. The van der Waals surface area contributed by atoms with Crippen molar-refractivity contribution >= 4 is 0 Å². The molecule has 0 unspecified atom stereocenters. The molecule has 0 bridgehead atoms. The van der Waals surface area contributed by atoms with Crippen molar-refractivity contribution in [3.8, 4) is 0 Å². The van der Waals surface area contributed by atoms with Gasteiger partial charge in [0.1, 0.15) is 0 Å². The van der Waals surface area contributed by atoms with Gasteiger partial charge >= 0.3 is 0 Å². The minimum atomic E-state index is 0.153. The van der Waals surface area contributed by atoms with Crippen LogP contribution in [0.1, 0.15) is 25.7 Å². The normalized spacial score (nSPS) is 11.4. The van der Waals surface area contributed by atoms with E-state index in [9.17, 15) is 0 Å². The van der Waals surface area contributed by atoms with Gasteiger partial charge < -0.3 is 5.11 Å². The van der Waals surface area contributed by atoms with Crippen molar-refractivity contribution in [3.05, 3.63) is 37.0 Å². The fourth-order valence-corrected chi connectivity index (χ4v) is 0.835. The molecule has 0 saturated heterocycles. The Balaban J connectivity index is 3.12. The summed E-state index contributed by atoms with van der Waals surface area (Å²) in [5.74, 6) is 0. The molecule has 0 aliphatic rings. The zero-order chi connectivity index (χ0) is 9.07. The first-order valence-electron chi connectivity index (χ1n) is 4.43. The molecule has 0 rings (SSSR count). The maximum absolute atomic E-state index is 8.42. The molecule has 0 aliphatic carbocycles. The van der Waals surface area contributed by atoms with E-state index in [-0.39, 0.29) is 6.61 Å². The summed E-state index contributed by atoms with van der Waals surface area (Å²) in [6.45, 7) is 3.80. The minimum absolute atomic E-state index is 0.153. The second kappa shape index (κ2) is 10.2. The average Bonchev–Trinajstić information content (AvgIpc) is 2.10. The van der Waals surface area contributed by atoms with Crippen molar-refractivity contribution in [2.24, 2.45) is 0 Å². The summed E-state index contributed by atoms with van der Waals surface area (Å²) >= 11 is 0. The standard InChI is InChI=1S/C11H18O/c1-2-3-4-5-6-7-8-9-10-11-12/h2,5-6,9-10,12H,1,3-4,7-8,11H2. The molecule has 0 saturated carbocycles. The predicted molar refractivity (Wildman–Crippen MR) is 54.0 cm³/mol. The lowest BCUT2D eigenvalue weighted by molar-refractivity contribution is 0.342. The summed E-state index contributed by atoms with van der Waals surface area (Å²) in [7, 11) is 0. The SMILES string of the molecule is C=CCCC=CCCC=CCO. The molecular weight excluding hydrogens is 148 g/mol. The minimum Gasteiger partial charge on any atom is -0.392 e. The van der Waals surface area contributed by atoms with Gasteiger partial charge in [-0.05, 0) is 25.7 Å². The molecule has 0 heterocycles. The van der Waals surface area contributed by atoms with E-state index in [2.05, 4.69) is 18.7 Å². The molecule has 0 aromatic heterocycles. The van der Waals surface area contributed by atoms with Crippen molar-refractivity contribution in [2.75, 3.05) is 6.61 Å². The van der Waals surface area contributed by atoms with Crippen LogP contribution < -0.4 is 0 Å². The van der Waals surface area contributed by atoms with Gasteiger partial charge in [0.15, 0.2) is 0 Å². The van der Waals surface area contributed by atoms with Gasteiger partial charge in [0.05, 0.1) is 6.61 Å². The van der Waals surface area contributed by atoms with Gasteiger partial charge in [0, 0.05) is 0 Å². The van der Waals surface area contributed by atoms with Crippen molar-refractivity contribution in [1.82, 2.24) is 0 Å². The second-order valence-corrected chi connectivity index (χ2v) is 2.57. The van der Waals surface area contributed by atoms with E-state index in [0.717, 1.165) is 25.7 Å². The van der Waals surface area contributed by atoms with Crippen LogP contribution in [0.2, 0.25) is 0 Å². The summed E-state index contributed by atoms with van der Waals surface area (Å²) in [5.41, 5.74) is 0. The third-order valence-electron chi connectivity index (χ3n) is 1.48. The molecule has 0 atom stereocenters. The van der Waals surface area contributed by atoms with E-state index in [1.165, 1.54) is 0 Å². The van der Waals surface area contributed by atoms with Crippen molar-refractivity contribution in [3.63, 3.8) is 0 Å². The van der Waals surface area contributed by atoms with Crippen LogP contribution in [-0.2, 0) is 0 Å². The Bertz CT molecular complexity index is 145. The summed E-state index contributed by atoms with van der Waals surface area (Å²) < 4.78 is 0. The van der Waals surface area contributed by atoms with Crippen LogP contribution in [0.3, 0.4) is 0 Å². The van der Waals surface area contributed by atoms with Gasteiger partial charge in [-0.15, -0.1) is 6.58 Å². The highest BCUT2D eigenvalue weighted by Crippen LogP contribution is 1.96. The van der Waals surface area contributed by atoms with Crippen LogP contribution >= 0.6 is 0 Å². The van der Waals surface area contributed by atoms with Gasteiger partial charge in [-0.3, -0.25) is 0 Å². The maximum Gasteiger partial charge on any atom is 0.0612 e. The van der Waals surface area contributed by atoms with E-state index >= 15 is 0 Å². The summed E-state index contributed by atoms with van der Waals surface area (Å²) in [5, 5.41) is 8.42. The van der Waals surface area contributed by atoms with Crippen LogP contribution in [0.4, 0.5) is 0 Å². The summed E-state index contributed by atoms with van der Waals surface area (Å²) in [6, 6.07) is 0. The number of hydrogen-bond acceptors (Lipinski definition) is 1. The Kier molecular flexibility index (Phi) is 9.48. The zero-order valence-electron chi connectivity index (χ0n) is 7.58. The Hall–Kier alpha value is -0.820. The average molecular weight is 166 g/mol. The Morgan fingerprint density at radius 2 is 1.33 bits per heavy atom. The van der Waals surface area contributed by atoms with Gasteiger partial charge in [-0.25, -0.2) is 0 Å². The Labute approximate surface area is 75.1 Å². The zero-order valence-corrected chi connectivity index (χ0v) is 7.58. The highest BCUT2D eigenvalue weighted by Gasteiger charge is 1.77. The lowest BCUT2D eigenvalue weighted by atomic mass is 10.2. The second-order valence-electron chi connectivity index (χ2n) is 2.57. The van der Waals surface area contributed by atoms with E-state index in [0.29, 0.717) is 0 Å². The molecule has 0 amide bonds. The van der Waals surface area contributed by atoms with E-state index < -0.39 is 0 Å². The number of rotatable bonds is 7.